The van der Waals surface area contributed by atoms with Gasteiger partial charge >= 0.3 is 0 Å². The molecule has 0 saturated carbocycles. The molecule has 1 aromatic carbocycles. The minimum absolute atomic E-state index is 0.254. The zero-order chi connectivity index (χ0) is 13.2. The summed E-state index contributed by atoms with van der Waals surface area (Å²) in [6.45, 7) is 0.492. The lowest BCUT2D eigenvalue weighted by Gasteiger charge is -2.25. The van der Waals surface area contributed by atoms with Crippen LogP contribution in [0.25, 0.3) is 0 Å². The quantitative estimate of drug-likeness (QED) is 0.907. The summed E-state index contributed by atoms with van der Waals surface area (Å²) in [6, 6.07) is 6.21. The van der Waals surface area contributed by atoms with Crippen LogP contribution in [0.1, 0.15) is 25.7 Å². The number of halogens is 1. The van der Waals surface area contributed by atoms with Crippen LogP contribution in [0.15, 0.2) is 29.2 Å². The molecular weight excluding hydrogens is 272 g/mol. The number of nitrogens with zero attached hydrogens (tertiary/aromatic N) is 1. The van der Waals surface area contributed by atoms with Crippen molar-refractivity contribution in [3.8, 4) is 0 Å². The van der Waals surface area contributed by atoms with Gasteiger partial charge in [0.1, 0.15) is 0 Å². The van der Waals surface area contributed by atoms with Crippen molar-refractivity contribution in [1.29, 1.82) is 0 Å². The van der Waals surface area contributed by atoms with E-state index in [1.807, 2.05) is 0 Å². The molecule has 0 amide bonds. The first kappa shape index (κ1) is 13.8. The van der Waals surface area contributed by atoms with Gasteiger partial charge in [0.2, 0.25) is 10.0 Å². The molecule has 1 heterocycles. The highest BCUT2D eigenvalue weighted by atomic mass is 35.5. The molecule has 4 nitrogen and oxygen atoms in total. The molecular formula is C12H17ClN2O2S. The number of benzene rings is 1. The van der Waals surface area contributed by atoms with Gasteiger partial charge in [-0.1, -0.05) is 24.4 Å². The van der Waals surface area contributed by atoms with Crippen LogP contribution in [0.3, 0.4) is 0 Å². The average Bonchev–Trinajstić information content (AvgIpc) is 2.55. The van der Waals surface area contributed by atoms with Crippen molar-refractivity contribution >= 4 is 21.6 Å². The summed E-state index contributed by atoms with van der Waals surface area (Å²) in [5.74, 6) is 0. The van der Waals surface area contributed by atoms with Crippen LogP contribution < -0.4 is 5.73 Å². The molecule has 1 aromatic rings. The van der Waals surface area contributed by atoms with E-state index in [1.165, 1.54) is 16.4 Å². The maximum absolute atomic E-state index is 12.5. The number of nitrogens with two attached hydrogens (primary N) is 1. The Morgan fingerprint density at radius 3 is 2.50 bits per heavy atom. The van der Waals surface area contributed by atoms with Crippen LogP contribution in [0.2, 0.25) is 5.02 Å². The molecule has 1 aliphatic rings. The molecule has 2 rings (SSSR count). The molecule has 0 bridgehead atoms. The highest BCUT2D eigenvalue weighted by Gasteiger charge is 2.30. The lowest BCUT2D eigenvalue weighted by atomic mass is 10.2. The van der Waals surface area contributed by atoms with Gasteiger partial charge in [-0.05, 0) is 37.1 Å². The monoisotopic (exact) mass is 288 g/mol. The number of hydrogen-bond acceptors (Lipinski definition) is 3. The summed E-state index contributed by atoms with van der Waals surface area (Å²) in [6.07, 6.45) is 3.16. The zero-order valence-electron chi connectivity index (χ0n) is 10.0. The Bertz CT molecular complexity index is 501. The molecule has 0 aromatic heterocycles. The highest BCUT2D eigenvalue weighted by Crippen LogP contribution is 2.23. The van der Waals surface area contributed by atoms with Gasteiger partial charge in [0, 0.05) is 11.6 Å². The average molecular weight is 289 g/mol. The van der Waals surface area contributed by atoms with Crippen molar-refractivity contribution in [3.05, 3.63) is 29.3 Å². The predicted molar refractivity (Wildman–Crippen MR) is 71.8 cm³/mol. The van der Waals surface area contributed by atoms with Crippen LogP contribution in [-0.2, 0) is 10.0 Å². The van der Waals surface area contributed by atoms with Crippen LogP contribution in [0.4, 0.5) is 0 Å². The van der Waals surface area contributed by atoms with E-state index in [1.54, 1.807) is 12.1 Å². The van der Waals surface area contributed by atoms with Crippen LogP contribution in [-0.4, -0.2) is 25.4 Å². The smallest absolute Gasteiger partial charge is 0.244 e. The molecule has 0 spiro atoms. The molecule has 1 unspecified atom stereocenters. The number of sulfonamides is 1. The molecule has 1 fully saturated rings. The van der Waals surface area contributed by atoms with Gasteiger partial charge in [0.15, 0.2) is 0 Å². The van der Waals surface area contributed by atoms with E-state index >= 15 is 0 Å². The Labute approximate surface area is 113 Å². The fourth-order valence-electron chi connectivity index (χ4n) is 2.15. The fourth-order valence-corrected chi connectivity index (χ4v) is 3.86. The van der Waals surface area contributed by atoms with Crippen molar-refractivity contribution in [2.75, 3.05) is 6.54 Å². The van der Waals surface area contributed by atoms with Crippen LogP contribution >= 0.6 is 11.6 Å². The van der Waals surface area contributed by atoms with Crippen LogP contribution in [0, 0.1) is 0 Å². The molecule has 1 atom stereocenters. The normalized spacial score (nSPS) is 22.7. The second-order valence-electron chi connectivity index (χ2n) is 4.49. The minimum Gasteiger partial charge on any atom is -0.315 e. The summed E-state index contributed by atoms with van der Waals surface area (Å²) >= 11 is 5.77. The van der Waals surface area contributed by atoms with Crippen molar-refractivity contribution in [2.45, 2.75) is 36.7 Å². The SMILES string of the molecule is NC1CCCCCN1S(=O)(=O)c1ccc(Cl)cc1. The van der Waals surface area contributed by atoms with Gasteiger partial charge in [-0.25, -0.2) is 8.42 Å². The highest BCUT2D eigenvalue weighted by molar-refractivity contribution is 7.89. The first-order valence-corrected chi connectivity index (χ1v) is 7.86. The third kappa shape index (κ3) is 2.85. The fraction of sp³-hybridized carbons (Fsp3) is 0.500. The van der Waals surface area contributed by atoms with Gasteiger partial charge in [-0.2, -0.15) is 4.31 Å². The van der Waals surface area contributed by atoms with Crippen molar-refractivity contribution in [1.82, 2.24) is 4.31 Å². The molecule has 0 aliphatic carbocycles. The van der Waals surface area contributed by atoms with E-state index in [9.17, 15) is 8.42 Å². The van der Waals surface area contributed by atoms with E-state index in [-0.39, 0.29) is 4.90 Å². The van der Waals surface area contributed by atoms with Gasteiger partial charge in [-0.15, -0.1) is 0 Å². The molecule has 100 valence electrons. The molecule has 0 radical (unpaired) electrons. The van der Waals surface area contributed by atoms with Gasteiger partial charge in [-0.3, -0.25) is 0 Å². The van der Waals surface area contributed by atoms with E-state index in [0.717, 1.165) is 19.3 Å². The van der Waals surface area contributed by atoms with E-state index in [4.69, 9.17) is 17.3 Å². The second kappa shape index (κ2) is 5.57. The van der Waals surface area contributed by atoms with Crippen LogP contribution in [0.5, 0.6) is 0 Å². The Hall–Kier alpha value is -0.620. The lowest BCUT2D eigenvalue weighted by molar-refractivity contribution is 0.329. The maximum atomic E-state index is 12.5. The van der Waals surface area contributed by atoms with E-state index in [0.29, 0.717) is 18.0 Å². The van der Waals surface area contributed by atoms with Gasteiger partial charge < -0.3 is 5.73 Å². The Morgan fingerprint density at radius 2 is 1.83 bits per heavy atom. The Balaban J connectivity index is 2.31. The molecule has 18 heavy (non-hydrogen) atoms. The third-order valence-corrected chi connectivity index (χ3v) is 5.36. The largest absolute Gasteiger partial charge is 0.315 e. The van der Waals surface area contributed by atoms with Crippen molar-refractivity contribution < 1.29 is 8.42 Å². The first-order valence-electron chi connectivity index (χ1n) is 6.05. The molecule has 1 aliphatic heterocycles. The third-order valence-electron chi connectivity index (χ3n) is 3.17. The standard InChI is InChI=1S/C12H17ClN2O2S/c13-10-5-7-11(8-6-10)18(16,17)15-9-3-1-2-4-12(15)14/h5-8,12H,1-4,9,14H2. The Morgan fingerprint density at radius 1 is 1.17 bits per heavy atom. The predicted octanol–water partition coefficient (Wildman–Crippen LogP) is 2.19. The second-order valence-corrected chi connectivity index (χ2v) is 6.81. The van der Waals surface area contributed by atoms with E-state index in [2.05, 4.69) is 0 Å². The molecule has 2 N–H and O–H groups in total. The topological polar surface area (TPSA) is 63.4 Å². The molecule has 1 saturated heterocycles. The first-order chi connectivity index (χ1) is 8.51. The minimum atomic E-state index is -3.50. The van der Waals surface area contributed by atoms with Crippen molar-refractivity contribution in [3.63, 3.8) is 0 Å². The van der Waals surface area contributed by atoms with Crippen molar-refractivity contribution in [2.24, 2.45) is 5.73 Å². The lowest BCUT2D eigenvalue weighted by Crippen LogP contribution is -2.45. The molecule has 6 heteroatoms. The summed E-state index contributed by atoms with van der Waals surface area (Å²) < 4.78 is 26.3. The summed E-state index contributed by atoms with van der Waals surface area (Å²) in [5.41, 5.74) is 5.95. The summed E-state index contributed by atoms with van der Waals surface area (Å²) in [5, 5.41) is 0.522. The van der Waals surface area contributed by atoms with Gasteiger partial charge in [0.25, 0.3) is 0 Å². The summed E-state index contributed by atoms with van der Waals surface area (Å²) in [7, 11) is -3.50. The summed E-state index contributed by atoms with van der Waals surface area (Å²) in [4.78, 5) is 0.254. The maximum Gasteiger partial charge on any atom is 0.244 e. The number of hydrogen-bond donors (Lipinski definition) is 1. The zero-order valence-corrected chi connectivity index (χ0v) is 11.6. The Kier molecular flexibility index (Phi) is 4.27. The number of rotatable bonds is 2. The van der Waals surface area contributed by atoms with E-state index < -0.39 is 16.2 Å². The van der Waals surface area contributed by atoms with Gasteiger partial charge in [0.05, 0.1) is 11.1 Å².